The molecule has 1 atom stereocenters. The Morgan fingerprint density at radius 3 is 2.67 bits per heavy atom. The number of benzene rings is 1. The molecule has 1 heterocycles. The van der Waals surface area contributed by atoms with E-state index in [9.17, 15) is 9.59 Å². The van der Waals surface area contributed by atoms with Crippen LogP contribution >= 0.6 is 0 Å². The third kappa shape index (κ3) is 4.04. The summed E-state index contributed by atoms with van der Waals surface area (Å²) in [6.45, 7) is 5.57. The van der Waals surface area contributed by atoms with Crippen molar-refractivity contribution in [1.29, 1.82) is 0 Å². The summed E-state index contributed by atoms with van der Waals surface area (Å²) < 4.78 is 5.72. The molecule has 2 amide bonds. The van der Waals surface area contributed by atoms with E-state index in [1.807, 2.05) is 37.3 Å². The highest BCUT2D eigenvalue weighted by Crippen LogP contribution is 2.17. The number of rotatable bonds is 4. The third-order valence-electron chi connectivity index (χ3n) is 3.64. The van der Waals surface area contributed by atoms with Crippen LogP contribution in [0.1, 0.15) is 20.3 Å². The van der Waals surface area contributed by atoms with Gasteiger partial charge in [0.1, 0.15) is 0 Å². The van der Waals surface area contributed by atoms with Crippen LogP contribution in [-0.4, -0.2) is 49.1 Å². The molecule has 5 heteroatoms. The summed E-state index contributed by atoms with van der Waals surface area (Å²) in [7, 11) is 0. The van der Waals surface area contributed by atoms with E-state index in [1.54, 1.807) is 16.7 Å². The Morgan fingerprint density at radius 1 is 1.33 bits per heavy atom. The summed E-state index contributed by atoms with van der Waals surface area (Å²) in [5.74, 6) is 0.112. The lowest BCUT2D eigenvalue weighted by molar-refractivity contribution is -0.136. The molecule has 0 aromatic heterocycles. The van der Waals surface area contributed by atoms with Crippen LogP contribution in [0.4, 0.5) is 5.69 Å². The number of anilines is 1. The van der Waals surface area contributed by atoms with Crippen molar-refractivity contribution < 1.29 is 14.3 Å². The fraction of sp³-hybridized carbons (Fsp3) is 0.500. The van der Waals surface area contributed by atoms with E-state index < -0.39 is 0 Å². The second-order valence-corrected chi connectivity index (χ2v) is 5.15. The quantitative estimate of drug-likeness (QED) is 0.847. The first-order valence-corrected chi connectivity index (χ1v) is 7.34. The molecule has 114 valence electrons. The molecule has 1 unspecified atom stereocenters. The summed E-state index contributed by atoms with van der Waals surface area (Å²) in [6.07, 6.45) is 0.302. The highest BCUT2D eigenvalue weighted by molar-refractivity contribution is 5.93. The zero-order valence-corrected chi connectivity index (χ0v) is 12.6. The second kappa shape index (κ2) is 7.22. The number of carbonyl (C=O) groups excluding carboxylic acids is 2. The van der Waals surface area contributed by atoms with Gasteiger partial charge in [-0.25, -0.2) is 0 Å². The maximum atomic E-state index is 12.2. The Kier molecular flexibility index (Phi) is 5.33. The van der Waals surface area contributed by atoms with E-state index in [1.165, 1.54) is 0 Å². The molecule has 1 aromatic carbocycles. The Hall–Kier alpha value is -1.88. The predicted octanol–water partition coefficient (Wildman–Crippen LogP) is 1.68. The van der Waals surface area contributed by atoms with Gasteiger partial charge in [0, 0.05) is 32.1 Å². The molecular weight excluding hydrogens is 268 g/mol. The number of carbonyl (C=O) groups is 2. The van der Waals surface area contributed by atoms with Gasteiger partial charge in [-0.2, -0.15) is 0 Å². The molecule has 21 heavy (non-hydrogen) atoms. The monoisotopic (exact) mass is 290 g/mol. The van der Waals surface area contributed by atoms with Gasteiger partial charge in [-0.1, -0.05) is 25.1 Å². The molecule has 1 saturated heterocycles. The molecule has 0 N–H and O–H groups in total. The van der Waals surface area contributed by atoms with Crippen molar-refractivity contribution in [2.75, 3.05) is 31.1 Å². The zero-order chi connectivity index (χ0) is 15.2. The third-order valence-corrected chi connectivity index (χ3v) is 3.64. The minimum absolute atomic E-state index is 0.0522. The summed E-state index contributed by atoms with van der Waals surface area (Å²) in [5, 5.41) is 0. The number of ether oxygens (including phenoxy) is 1. The first-order valence-electron chi connectivity index (χ1n) is 7.34. The molecule has 0 aliphatic carbocycles. The highest BCUT2D eigenvalue weighted by Gasteiger charge is 2.26. The average Bonchev–Trinajstić information content (AvgIpc) is 2.53. The SMILES string of the molecule is CCC(=O)N(CC1CN(C(C)=O)CCO1)c1ccccc1. The van der Waals surface area contributed by atoms with Gasteiger partial charge in [-0.3, -0.25) is 9.59 Å². The zero-order valence-electron chi connectivity index (χ0n) is 12.6. The fourth-order valence-electron chi connectivity index (χ4n) is 2.47. The smallest absolute Gasteiger partial charge is 0.226 e. The molecule has 0 bridgehead atoms. The van der Waals surface area contributed by atoms with Gasteiger partial charge in [0.25, 0.3) is 0 Å². The number of nitrogens with zero attached hydrogens (tertiary/aromatic N) is 2. The van der Waals surface area contributed by atoms with Crippen molar-refractivity contribution in [2.24, 2.45) is 0 Å². The van der Waals surface area contributed by atoms with E-state index in [0.717, 1.165) is 5.69 Å². The topological polar surface area (TPSA) is 49.9 Å². The average molecular weight is 290 g/mol. The second-order valence-electron chi connectivity index (χ2n) is 5.15. The summed E-state index contributed by atoms with van der Waals surface area (Å²) in [4.78, 5) is 27.2. The van der Waals surface area contributed by atoms with Crippen molar-refractivity contribution >= 4 is 17.5 Å². The van der Waals surface area contributed by atoms with E-state index in [4.69, 9.17) is 4.74 Å². The lowest BCUT2D eigenvalue weighted by Crippen LogP contribution is -2.50. The molecular formula is C16H22N2O3. The molecule has 1 aliphatic rings. The summed E-state index contributed by atoms with van der Waals surface area (Å²) in [5.41, 5.74) is 0.868. The van der Waals surface area contributed by atoms with E-state index >= 15 is 0 Å². The molecule has 5 nitrogen and oxygen atoms in total. The Bertz CT molecular complexity index is 490. The van der Waals surface area contributed by atoms with Crippen LogP contribution in [0.15, 0.2) is 30.3 Å². The molecule has 0 radical (unpaired) electrons. The largest absolute Gasteiger partial charge is 0.373 e. The van der Waals surface area contributed by atoms with Gasteiger partial charge in [0.05, 0.1) is 19.3 Å². The van der Waals surface area contributed by atoms with Gasteiger partial charge < -0.3 is 14.5 Å². The first-order chi connectivity index (χ1) is 10.1. The van der Waals surface area contributed by atoms with E-state index in [-0.39, 0.29) is 17.9 Å². The van der Waals surface area contributed by atoms with Crippen LogP contribution in [0, 0.1) is 0 Å². The Labute approximate surface area is 125 Å². The number of morpholine rings is 1. The van der Waals surface area contributed by atoms with Crippen molar-refractivity contribution in [3.8, 4) is 0 Å². The van der Waals surface area contributed by atoms with Crippen molar-refractivity contribution in [2.45, 2.75) is 26.4 Å². The lowest BCUT2D eigenvalue weighted by atomic mass is 10.2. The standard InChI is InChI=1S/C16H22N2O3/c1-3-16(20)18(14-7-5-4-6-8-14)12-15-11-17(13(2)19)9-10-21-15/h4-8,15H,3,9-12H2,1-2H3. The molecule has 1 fully saturated rings. The molecule has 0 saturated carbocycles. The minimum Gasteiger partial charge on any atom is -0.373 e. The van der Waals surface area contributed by atoms with Crippen molar-refractivity contribution in [1.82, 2.24) is 4.90 Å². The van der Waals surface area contributed by atoms with Crippen LogP contribution in [0.3, 0.4) is 0 Å². The maximum absolute atomic E-state index is 12.2. The van der Waals surface area contributed by atoms with Gasteiger partial charge in [-0.15, -0.1) is 0 Å². The molecule has 0 spiro atoms. The van der Waals surface area contributed by atoms with Gasteiger partial charge in [0.15, 0.2) is 0 Å². The Balaban J connectivity index is 2.08. The van der Waals surface area contributed by atoms with Crippen LogP contribution in [-0.2, 0) is 14.3 Å². The minimum atomic E-state index is -0.140. The Morgan fingerprint density at radius 2 is 2.05 bits per heavy atom. The number of para-hydroxylation sites is 1. The predicted molar refractivity (Wildman–Crippen MR) is 81.1 cm³/mol. The lowest BCUT2D eigenvalue weighted by Gasteiger charge is -2.35. The summed E-state index contributed by atoms with van der Waals surface area (Å²) in [6, 6.07) is 9.58. The van der Waals surface area contributed by atoms with Gasteiger partial charge in [-0.05, 0) is 12.1 Å². The molecule has 1 aromatic rings. The highest BCUT2D eigenvalue weighted by atomic mass is 16.5. The molecule has 2 rings (SSSR count). The van der Waals surface area contributed by atoms with Crippen molar-refractivity contribution in [3.63, 3.8) is 0 Å². The number of hydrogen-bond donors (Lipinski definition) is 0. The van der Waals surface area contributed by atoms with E-state index in [2.05, 4.69) is 0 Å². The summed E-state index contributed by atoms with van der Waals surface area (Å²) >= 11 is 0. The van der Waals surface area contributed by atoms with Crippen LogP contribution < -0.4 is 4.90 Å². The van der Waals surface area contributed by atoms with Gasteiger partial charge >= 0.3 is 0 Å². The maximum Gasteiger partial charge on any atom is 0.226 e. The molecule has 1 aliphatic heterocycles. The number of hydrogen-bond acceptors (Lipinski definition) is 3. The van der Waals surface area contributed by atoms with Crippen LogP contribution in [0.5, 0.6) is 0 Å². The van der Waals surface area contributed by atoms with Gasteiger partial charge in [0.2, 0.25) is 11.8 Å². The van der Waals surface area contributed by atoms with Crippen molar-refractivity contribution in [3.05, 3.63) is 30.3 Å². The fourth-order valence-corrected chi connectivity index (χ4v) is 2.47. The van der Waals surface area contributed by atoms with E-state index in [0.29, 0.717) is 32.7 Å². The van der Waals surface area contributed by atoms with Crippen LogP contribution in [0.2, 0.25) is 0 Å². The normalized spacial score (nSPS) is 18.4. The number of amides is 2. The van der Waals surface area contributed by atoms with Crippen LogP contribution in [0.25, 0.3) is 0 Å². The first kappa shape index (κ1) is 15.5.